The number of benzene rings is 2. The van der Waals surface area contributed by atoms with E-state index in [0.717, 1.165) is 16.8 Å². The molecule has 2 rings (SSSR count). The van der Waals surface area contributed by atoms with Crippen LogP contribution in [0.5, 0.6) is 17.2 Å². The Kier molecular flexibility index (Phi) is 6.87. The lowest BCUT2D eigenvalue weighted by Crippen LogP contribution is -2.41. The Hall–Kier alpha value is -3.22. The smallest absolute Gasteiger partial charge is 0.252 e. The van der Waals surface area contributed by atoms with Gasteiger partial charge in [-0.15, -0.1) is 0 Å². The molecule has 0 aliphatic carbocycles. The maximum absolute atomic E-state index is 12.6. The van der Waals surface area contributed by atoms with Crippen molar-refractivity contribution in [2.45, 2.75) is 26.8 Å². The first-order valence-corrected chi connectivity index (χ1v) is 8.80. The zero-order chi connectivity index (χ0) is 20.8. The van der Waals surface area contributed by atoms with Crippen molar-refractivity contribution in [3.05, 3.63) is 47.0 Å². The van der Waals surface area contributed by atoms with Crippen molar-refractivity contribution in [2.24, 2.45) is 0 Å². The highest BCUT2D eigenvalue weighted by Crippen LogP contribution is 2.38. The summed E-state index contributed by atoms with van der Waals surface area (Å²) in [5.41, 5.74) is 3.07. The van der Waals surface area contributed by atoms with Crippen LogP contribution < -0.4 is 24.8 Å². The standard InChI is InChI=1S/C21H26N2O5/c1-12-8-7-9-16(13(12)2)23-20(24)14(3)22-21(25)15-10-17(26-4)19(28-6)18(11-15)27-5/h7-11,14H,1-6H3,(H,22,25)(H,23,24)/t14-/m0/s1. The van der Waals surface area contributed by atoms with Crippen molar-refractivity contribution in [1.29, 1.82) is 0 Å². The fourth-order valence-corrected chi connectivity index (χ4v) is 2.69. The second kappa shape index (κ2) is 9.12. The van der Waals surface area contributed by atoms with Crippen molar-refractivity contribution >= 4 is 17.5 Å². The first-order valence-electron chi connectivity index (χ1n) is 8.80. The molecule has 0 unspecified atom stereocenters. The molecule has 0 aliphatic rings. The van der Waals surface area contributed by atoms with Gasteiger partial charge in [0.05, 0.1) is 21.3 Å². The van der Waals surface area contributed by atoms with Gasteiger partial charge in [-0.2, -0.15) is 0 Å². The van der Waals surface area contributed by atoms with E-state index in [-0.39, 0.29) is 5.91 Å². The van der Waals surface area contributed by atoms with E-state index in [1.54, 1.807) is 6.92 Å². The van der Waals surface area contributed by atoms with Crippen molar-refractivity contribution < 1.29 is 23.8 Å². The monoisotopic (exact) mass is 386 g/mol. The molecule has 7 heteroatoms. The third-order valence-electron chi connectivity index (χ3n) is 4.53. The van der Waals surface area contributed by atoms with Gasteiger partial charge in [0.25, 0.3) is 5.91 Å². The molecule has 28 heavy (non-hydrogen) atoms. The number of hydrogen-bond acceptors (Lipinski definition) is 5. The lowest BCUT2D eigenvalue weighted by Gasteiger charge is -2.17. The maximum Gasteiger partial charge on any atom is 0.252 e. The summed E-state index contributed by atoms with van der Waals surface area (Å²) in [4.78, 5) is 25.1. The third kappa shape index (κ3) is 4.54. The normalized spacial score (nSPS) is 11.4. The van der Waals surface area contributed by atoms with E-state index in [9.17, 15) is 9.59 Å². The first kappa shape index (κ1) is 21.1. The zero-order valence-electron chi connectivity index (χ0n) is 17.0. The molecule has 0 aromatic heterocycles. The minimum Gasteiger partial charge on any atom is -0.493 e. The van der Waals surface area contributed by atoms with E-state index < -0.39 is 11.9 Å². The van der Waals surface area contributed by atoms with Gasteiger partial charge >= 0.3 is 0 Å². The first-order chi connectivity index (χ1) is 13.3. The van der Waals surface area contributed by atoms with Crippen LogP contribution in [-0.4, -0.2) is 39.2 Å². The van der Waals surface area contributed by atoms with E-state index in [0.29, 0.717) is 22.8 Å². The highest BCUT2D eigenvalue weighted by atomic mass is 16.5. The van der Waals surface area contributed by atoms with Crippen LogP contribution in [0.1, 0.15) is 28.4 Å². The molecule has 2 aromatic rings. The molecule has 0 bridgehead atoms. The highest BCUT2D eigenvalue weighted by molar-refractivity contribution is 6.01. The number of aryl methyl sites for hydroxylation is 1. The second-order valence-corrected chi connectivity index (χ2v) is 6.35. The highest BCUT2D eigenvalue weighted by Gasteiger charge is 2.21. The summed E-state index contributed by atoms with van der Waals surface area (Å²) in [5, 5.41) is 5.54. The minimum absolute atomic E-state index is 0.292. The quantitative estimate of drug-likeness (QED) is 0.764. The van der Waals surface area contributed by atoms with E-state index >= 15 is 0 Å². The van der Waals surface area contributed by atoms with Gasteiger partial charge in [-0.1, -0.05) is 12.1 Å². The Morgan fingerprint density at radius 3 is 2.11 bits per heavy atom. The number of amides is 2. The summed E-state index contributed by atoms with van der Waals surface area (Å²) in [6.45, 7) is 5.53. The molecule has 7 nitrogen and oxygen atoms in total. The number of carbonyl (C=O) groups is 2. The number of carbonyl (C=O) groups excluding carboxylic acids is 2. The van der Waals surface area contributed by atoms with E-state index in [4.69, 9.17) is 14.2 Å². The van der Waals surface area contributed by atoms with Gasteiger partial charge < -0.3 is 24.8 Å². The summed E-state index contributed by atoms with van der Waals surface area (Å²) in [6, 6.07) is 8.00. The van der Waals surface area contributed by atoms with Gasteiger partial charge in [0.1, 0.15) is 6.04 Å². The van der Waals surface area contributed by atoms with E-state index in [1.165, 1.54) is 33.5 Å². The largest absolute Gasteiger partial charge is 0.493 e. The molecule has 150 valence electrons. The molecule has 0 saturated heterocycles. The van der Waals surface area contributed by atoms with Crippen LogP contribution in [0.2, 0.25) is 0 Å². The average molecular weight is 386 g/mol. The predicted molar refractivity (Wildman–Crippen MR) is 108 cm³/mol. The number of anilines is 1. The molecule has 0 heterocycles. The number of methoxy groups -OCH3 is 3. The molecule has 1 atom stereocenters. The SMILES string of the molecule is COc1cc(C(=O)N[C@@H](C)C(=O)Nc2cccc(C)c2C)cc(OC)c1OC. The van der Waals surface area contributed by atoms with Gasteiger partial charge in [-0.3, -0.25) is 9.59 Å². The lowest BCUT2D eigenvalue weighted by atomic mass is 10.1. The Balaban J connectivity index is 2.15. The number of nitrogens with one attached hydrogen (secondary N) is 2. The summed E-state index contributed by atoms with van der Waals surface area (Å²) in [6.07, 6.45) is 0. The van der Waals surface area contributed by atoms with Gasteiger partial charge in [0, 0.05) is 11.3 Å². The van der Waals surface area contributed by atoms with Gasteiger partial charge in [-0.05, 0) is 50.1 Å². The molecule has 2 amide bonds. The van der Waals surface area contributed by atoms with Crippen LogP contribution in [0.15, 0.2) is 30.3 Å². The Morgan fingerprint density at radius 2 is 1.57 bits per heavy atom. The average Bonchev–Trinajstić information content (AvgIpc) is 2.69. The van der Waals surface area contributed by atoms with Gasteiger partial charge in [-0.25, -0.2) is 0 Å². The molecule has 2 aromatic carbocycles. The van der Waals surface area contributed by atoms with Crippen LogP contribution >= 0.6 is 0 Å². The molecule has 2 N–H and O–H groups in total. The molecule has 0 aliphatic heterocycles. The van der Waals surface area contributed by atoms with Crippen LogP contribution in [0.4, 0.5) is 5.69 Å². The number of rotatable bonds is 7. The van der Waals surface area contributed by atoms with Crippen molar-refractivity contribution in [3.63, 3.8) is 0 Å². The Labute approximate surface area is 165 Å². The predicted octanol–water partition coefficient (Wildman–Crippen LogP) is 3.09. The van der Waals surface area contributed by atoms with Crippen LogP contribution in [0.3, 0.4) is 0 Å². The molecular formula is C21H26N2O5. The molecule has 0 spiro atoms. The Morgan fingerprint density at radius 1 is 0.964 bits per heavy atom. The summed E-state index contributed by atoms with van der Waals surface area (Å²) < 4.78 is 15.8. The van der Waals surface area contributed by atoms with Crippen molar-refractivity contribution in [3.8, 4) is 17.2 Å². The lowest BCUT2D eigenvalue weighted by molar-refractivity contribution is -0.117. The van der Waals surface area contributed by atoms with Gasteiger partial charge in [0.15, 0.2) is 11.5 Å². The molecule has 0 radical (unpaired) electrons. The fraction of sp³-hybridized carbons (Fsp3) is 0.333. The minimum atomic E-state index is -0.744. The van der Waals surface area contributed by atoms with E-state index in [2.05, 4.69) is 10.6 Å². The van der Waals surface area contributed by atoms with Crippen LogP contribution in [0.25, 0.3) is 0 Å². The van der Waals surface area contributed by atoms with E-state index in [1.807, 2.05) is 32.0 Å². The number of ether oxygens (including phenoxy) is 3. The summed E-state index contributed by atoms with van der Waals surface area (Å²) in [7, 11) is 4.43. The van der Waals surface area contributed by atoms with Crippen LogP contribution in [-0.2, 0) is 4.79 Å². The Bertz CT molecular complexity index is 854. The molecular weight excluding hydrogens is 360 g/mol. The van der Waals surface area contributed by atoms with Crippen molar-refractivity contribution in [1.82, 2.24) is 5.32 Å². The van der Waals surface area contributed by atoms with Crippen LogP contribution in [0, 0.1) is 13.8 Å². The van der Waals surface area contributed by atoms with Crippen molar-refractivity contribution in [2.75, 3.05) is 26.6 Å². The fourth-order valence-electron chi connectivity index (χ4n) is 2.69. The maximum atomic E-state index is 12.6. The third-order valence-corrected chi connectivity index (χ3v) is 4.53. The topological polar surface area (TPSA) is 85.9 Å². The molecule has 0 fully saturated rings. The second-order valence-electron chi connectivity index (χ2n) is 6.35. The summed E-state index contributed by atoms with van der Waals surface area (Å²) >= 11 is 0. The summed E-state index contributed by atoms with van der Waals surface area (Å²) in [5.74, 6) is 0.374. The number of hydrogen-bond donors (Lipinski definition) is 2. The van der Waals surface area contributed by atoms with Gasteiger partial charge in [0.2, 0.25) is 11.7 Å². The molecule has 0 saturated carbocycles. The zero-order valence-corrected chi connectivity index (χ0v) is 17.0.